The molecule has 2 rings (SSSR count). The van der Waals surface area contributed by atoms with E-state index in [1.807, 2.05) is 18.2 Å². The lowest BCUT2D eigenvalue weighted by Crippen LogP contribution is -2.46. The molecular formula is C18H28N2O2. The van der Waals surface area contributed by atoms with Gasteiger partial charge in [0.2, 0.25) is 5.91 Å². The number of amides is 1. The molecule has 0 aliphatic carbocycles. The lowest BCUT2D eigenvalue weighted by Gasteiger charge is -2.32. The number of hydrogen-bond donors (Lipinski definition) is 2. The molecule has 4 nitrogen and oxygen atoms in total. The number of piperidine rings is 1. The first kappa shape index (κ1) is 16.8. The standard InChI is InChI=1S/C18H28N2O2/c1-3-14-22-16-7-5-4-6-15(16)8-11-20-17(21)18(2)9-12-19-13-10-18/h4-7,19H,3,8-14H2,1-2H3,(H,20,21). The van der Waals surface area contributed by atoms with Crippen molar-refractivity contribution in [1.29, 1.82) is 0 Å². The van der Waals surface area contributed by atoms with Crippen LogP contribution in [-0.2, 0) is 11.2 Å². The van der Waals surface area contributed by atoms with Crippen LogP contribution < -0.4 is 15.4 Å². The molecule has 2 N–H and O–H groups in total. The van der Waals surface area contributed by atoms with E-state index in [1.54, 1.807) is 0 Å². The van der Waals surface area contributed by atoms with Crippen LogP contribution in [0, 0.1) is 5.41 Å². The Labute approximate surface area is 133 Å². The van der Waals surface area contributed by atoms with Crippen LogP contribution in [0.4, 0.5) is 0 Å². The molecule has 0 radical (unpaired) electrons. The zero-order valence-electron chi connectivity index (χ0n) is 13.8. The monoisotopic (exact) mass is 304 g/mol. The van der Waals surface area contributed by atoms with Crippen molar-refractivity contribution < 1.29 is 9.53 Å². The fourth-order valence-corrected chi connectivity index (χ4v) is 2.79. The van der Waals surface area contributed by atoms with Gasteiger partial charge in [-0.1, -0.05) is 32.0 Å². The third-order valence-corrected chi connectivity index (χ3v) is 4.37. The van der Waals surface area contributed by atoms with Crippen molar-refractivity contribution in [3.05, 3.63) is 29.8 Å². The number of rotatable bonds is 7. The topological polar surface area (TPSA) is 50.4 Å². The highest BCUT2D eigenvalue weighted by atomic mass is 16.5. The Bertz CT molecular complexity index is 482. The zero-order valence-corrected chi connectivity index (χ0v) is 13.8. The highest BCUT2D eigenvalue weighted by Crippen LogP contribution is 2.28. The molecule has 1 aliphatic rings. The van der Waals surface area contributed by atoms with Gasteiger partial charge in [-0.15, -0.1) is 0 Å². The van der Waals surface area contributed by atoms with Crippen molar-refractivity contribution in [3.8, 4) is 5.75 Å². The minimum atomic E-state index is -0.219. The molecule has 0 unspecified atom stereocenters. The molecule has 122 valence electrons. The van der Waals surface area contributed by atoms with Crippen LogP contribution in [0.2, 0.25) is 0 Å². The van der Waals surface area contributed by atoms with Gasteiger partial charge in [0.25, 0.3) is 0 Å². The first-order valence-corrected chi connectivity index (χ1v) is 8.35. The second-order valence-electron chi connectivity index (χ2n) is 6.27. The Balaban J connectivity index is 1.84. The minimum absolute atomic E-state index is 0.181. The van der Waals surface area contributed by atoms with E-state index < -0.39 is 0 Å². The van der Waals surface area contributed by atoms with E-state index in [1.165, 1.54) is 0 Å². The quantitative estimate of drug-likeness (QED) is 0.814. The molecule has 0 atom stereocenters. The maximum absolute atomic E-state index is 12.4. The Morgan fingerprint density at radius 2 is 2.05 bits per heavy atom. The van der Waals surface area contributed by atoms with Crippen LogP contribution in [-0.4, -0.2) is 32.1 Å². The van der Waals surface area contributed by atoms with Crippen molar-refractivity contribution in [2.75, 3.05) is 26.2 Å². The van der Waals surface area contributed by atoms with Crippen LogP contribution in [0.3, 0.4) is 0 Å². The number of para-hydroxylation sites is 1. The van der Waals surface area contributed by atoms with Crippen LogP contribution in [0.5, 0.6) is 5.75 Å². The molecule has 1 heterocycles. The number of nitrogens with one attached hydrogen (secondary N) is 2. The van der Waals surface area contributed by atoms with Crippen LogP contribution in [0.15, 0.2) is 24.3 Å². The normalized spacial score (nSPS) is 17.0. The third-order valence-electron chi connectivity index (χ3n) is 4.37. The summed E-state index contributed by atoms with van der Waals surface area (Å²) in [6, 6.07) is 8.08. The van der Waals surface area contributed by atoms with Crippen LogP contribution in [0.1, 0.15) is 38.7 Å². The summed E-state index contributed by atoms with van der Waals surface area (Å²) in [5.74, 6) is 1.12. The van der Waals surface area contributed by atoms with Gasteiger partial charge in [-0.25, -0.2) is 0 Å². The molecular weight excluding hydrogens is 276 g/mol. The van der Waals surface area contributed by atoms with Crippen molar-refractivity contribution in [1.82, 2.24) is 10.6 Å². The number of ether oxygens (including phenoxy) is 1. The van der Waals surface area contributed by atoms with Crippen LogP contribution >= 0.6 is 0 Å². The molecule has 1 aliphatic heterocycles. The summed E-state index contributed by atoms with van der Waals surface area (Å²) in [5, 5.41) is 6.41. The van der Waals surface area contributed by atoms with Gasteiger partial charge in [-0.05, 0) is 50.4 Å². The summed E-state index contributed by atoms with van der Waals surface area (Å²) in [6.45, 7) is 7.42. The van der Waals surface area contributed by atoms with Crippen molar-refractivity contribution in [2.45, 2.75) is 39.5 Å². The van der Waals surface area contributed by atoms with Gasteiger partial charge in [-0.2, -0.15) is 0 Å². The number of carbonyl (C=O) groups excluding carboxylic acids is 1. The first-order chi connectivity index (χ1) is 10.7. The average Bonchev–Trinajstić information content (AvgIpc) is 2.54. The molecule has 0 aromatic heterocycles. The van der Waals surface area contributed by atoms with Gasteiger partial charge >= 0.3 is 0 Å². The highest BCUT2D eigenvalue weighted by molar-refractivity contribution is 5.82. The lowest BCUT2D eigenvalue weighted by molar-refractivity contribution is -0.131. The Morgan fingerprint density at radius 3 is 2.77 bits per heavy atom. The minimum Gasteiger partial charge on any atom is -0.493 e. The molecule has 1 aromatic rings. The molecule has 0 saturated carbocycles. The van der Waals surface area contributed by atoms with E-state index in [0.29, 0.717) is 6.54 Å². The van der Waals surface area contributed by atoms with Gasteiger partial charge in [-0.3, -0.25) is 4.79 Å². The maximum Gasteiger partial charge on any atom is 0.226 e. The predicted molar refractivity (Wildman–Crippen MR) is 89.2 cm³/mol. The first-order valence-electron chi connectivity index (χ1n) is 8.35. The lowest BCUT2D eigenvalue weighted by atomic mass is 9.80. The summed E-state index contributed by atoms with van der Waals surface area (Å²) < 4.78 is 5.76. The smallest absolute Gasteiger partial charge is 0.226 e. The number of carbonyl (C=O) groups is 1. The molecule has 1 aromatic carbocycles. The molecule has 22 heavy (non-hydrogen) atoms. The van der Waals surface area contributed by atoms with E-state index in [-0.39, 0.29) is 11.3 Å². The van der Waals surface area contributed by atoms with Crippen molar-refractivity contribution >= 4 is 5.91 Å². The van der Waals surface area contributed by atoms with Crippen molar-refractivity contribution in [3.63, 3.8) is 0 Å². The molecule has 1 saturated heterocycles. The second kappa shape index (κ2) is 8.18. The molecule has 0 spiro atoms. The maximum atomic E-state index is 12.4. The van der Waals surface area contributed by atoms with Gasteiger partial charge in [0.05, 0.1) is 6.61 Å². The van der Waals surface area contributed by atoms with E-state index in [9.17, 15) is 4.79 Å². The van der Waals surface area contributed by atoms with Gasteiger partial charge in [0, 0.05) is 12.0 Å². The van der Waals surface area contributed by atoms with Gasteiger partial charge in [0.1, 0.15) is 5.75 Å². The third kappa shape index (κ3) is 4.47. The molecule has 1 amide bonds. The van der Waals surface area contributed by atoms with E-state index in [4.69, 9.17) is 4.74 Å². The van der Waals surface area contributed by atoms with Crippen LogP contribution in [0.25, 0.3) is 0 Å². The SMILES string of the molecule is CCCOc1ccccc1CCNC(=O)C1(C)CCNCC1. The largest absolute Gasteiger partial charge is 0.493 e. The van der Waals surface area contributed by atoms with Crippen molar-refractivity contribution in [2.24, 2.45) is 5.41 Å². The Kier molecular flexibility index (Phi) is 6.25. The Hall–Kier alpha value is -1.55. The van der Waals surface area contributed by atoms with E-state index in [0.717, 1.165) is 56.7 Å². The number of benzene rings is 1. The number of hydrogen-bond acceptors (Lipinski definition) is 3. The summed E-state index contributed by atoms with van der Waals surface area (Å²) in [4.78, 5) is 12.4. The summed E-state index contributed by atoms with van der Waals surface area (Å²) >= 11 is 0. The second-order valence-corrected chi connectivity index (χ2v) is 6.27. The molecule has 0 bridgehead atoms. The van der Waals surface area contributed by atoms with E-state index in [2.05, 4.69) is 30.5 Å². The fourth-order valence-electron chi connectivity index (χ4n) is 2.79. The summed E-state index contributed by atoms with van der Waals surface area (Å²) in [5.41, 5.74) is 0.940. The van der Waals surface area contributed by atoms with E-state index >= 15 is 0 Å². The summed E-state index contributed by atoms with van der Waals surface area (Å²) in [7, 11) is 0. The summed E-state index contributed by atoms with van der Waals surface area (Å²) in [6.07, 6.45) is 3.63. The predicted octanol–water partition coefficient (Wildman–Crippen LogP) is 2.52. The Morgan fingerprint density at radius 1 is 1.32 bits per heavy atom. The van der Waals surface area contributed by atoms with Gasteiger partial charge < -0.3 is 15.4 Å². The zero-order chi connectivity index (χ0) is 15.8. The van der Waals surface area contributed by atoms with Gasteiger partial charge in [0.15, 0.2) is 0 Å². The fraction of sp³-hybridized carbons (Fsp3) is 0.611. The average molecular weight is 304 g/mol. The highest BCUT2D eigenvalue weighted by Gasteiger charge is 2.34. The molecule has 4 heteroatoms. The molecule has 1 fully saturated rings.